The zero-order valence-electron chi connectivity index (χ0n) is 14.0. The van der Waals surface area contributed by atoms with Crippen molar-refractivity contribution in [2.45, 2.75) is 19.4 Å². The number of rotatable bonds is 7. The van der Waals surface area contributed by atoms with E-state index in [2.05, 4.69) is 21.2 Å². The molecule has 0 atom stereocenters. The second kappa shape index (κ2) is 7.84. The number of carbonyl (C=O) groups excluding carboxylic acids is 1. The molecule has 25 heavy (non-hydrogen) atoms. The Bertz CT molecular complexity index is 961. The lowest BCUT2D eigenvalue weighted by molar-refractivity contribution is -0.121. The summed E-state index contributed by atoms with van der Waals surface area (Å²) in [5.74, 6) is -0.0284. The molecule has 0 unspecified atom stereocenters. The largest absolute Gasteiger partial charge is 0.383 e. The summed E-state index contributed by atoms with van der Waals surface area (Å²) >= 11 is 3.47. The summed E-state index contributed by atoms with van der Waals surface area (Å²) in [6.07, 6.45) is 2.86. The quantitative estimate of drug-likeness (QED) is 0.614. The number of ether oxygens (including phenoxy) is 1. The molecule has 2 aromatic heterocycles. The van der Waals surface area contributed by atoms with Crippen LogP contribution in [0.1, 0.15) is 12.8 Å². The first-order valence-electron chi connectivity index (χ1n) is 8.16. The smallest absolute Gasteiger partial charge is 0.275 e. The van der Waals surface area contributed by atoms with Gasteiger partial charge in [-0.15, -0.1) is 0 Å². The second-order valence-electron chi connectivity index (χ2n) is 5.80. The van der Waals surface area contributed by atoms with Crippen LogP contribution in [-0.2, 0) is 16.1 Å². The molecule has 3 rings (SSSR count). The van der Waals surface area contributed by atoms with Crippen LogP contribution in [0.15, 0.2) is 45.8 Å². The molecule has 0 radical (unpaired) electrons. The molecule has 1 aromatic carbocycles. The Labute approximate surface area is 153 Å². The predicted octanol–water partition coefficient (Wildman–Crippen LogP) is 2.56. The second-order valence-corrected chi connectivity index (χ2v) is 6.72. The number of hydrogen-bond donors (Lipinski definition) is 1. The van der Waals surface area contributed by atoms with Crippen LogP contribution in [0.3, 0.4) is 0 Å². The molecule has 1 amide bonds. The van der Waals surface area contributed by atoms with Crippen LogP contribution < -0.4 is 10.9 Å². The van der Waals surface area contributed by atoms with Crippen LogP contribution in [0.5, 0.6) is 0 Å². The number of amides is 1. The fourth-order valence-electron chi connectivity index (χ4n) is 2.93. The number of methoxy groups -OCH3 is 1. The molecule has 0 aliphatic rings. The molecule has 0 saturated carbocycles. The minimum absolute atomic E-state index is 0.0284. The van der Waals surface area contributed by atoms with E-state index in [1.807, 2.05) is 40.9 Å². The molecule has 0 saturated heterocycles. The van der Waals surface area contributed by atoms with Gasteiger partial charge in [-0.25, -0.2) is 0 Å². The normalized spacial score (nSPS) is 11.3. The van der Waals surface area contributed by atoms with Crippen molar-refractivity contribution in [1.82, 2.24) is 14.3 Å². The summed E-state index contributed by atoms with van der Waals surface area (Å²) in [7, 11) is 1.60. The van der Waals surface area contributed by atoms with Gasteiger partial charge in [-0.1, -0.05) is 15.9 Å². The summed E-state index contributed by atoms with van der Waals surface area (Å²) in [6, 6.07) is 9.57. The van der Waals surface area contributed by atoms with E-state index in [4.69, 9.17) is 4.74 Å². The molecule has 0 spiro atoms. The van der Waals surface area contributed by atoms with Gasteiger partial charge < -0.3 is 19.0 Å². The zero-order chi connectivity index (χ0) is 17.8. The maximum Gasteiger partial charge on any atom is 0.275 e. The Balaban J connectivity index is 1.84. The fraction of sp³-hybridized carbons (Fsp3) is 0.333. The summed E-state index contributed by atoms with van der Waals surface area (Å²) < 4.78 is 9.47. The van der Waals surface area contributed by atoms with Gasteiger partial charge in [0.1, 0.15) is 5.52 Å². The van der Waals surface area contributed by atoms with Crippen LogP contribution in [0, 0.1) is 0 Å². The first-order valence-corrected chi connectivity index (χ1v) is 8.96. The van der Waals surface area contributed by atoms with Crippen LogP contribution >= 0.6 is 15.9 Å². The Kier molecular flexibility index (Phi) is 5.55. The summed E-state index contributed by atoms with van der Waals surface area (Å²) in [4.78, 5) is 24.6. The van der Waals surface area contributed by atoms with Crippen molar-refractivity contribution >= 4 is 38.4 Å². The highest BCUT2D eigenvalue weighted by molar-refractivity contribution is 9.10. The minimum Gasteiger partial charge on any atom is -0.383 e. The van der Waals surface area contributed by atoms with Gasteiger partial charge in [-0.2, -0.15) is 0 Å². The highest BCUT2D eigenvalue weighted by Gasteiger charge is 2.11. The van der Waals surface area contributed by atoms with Gasteiger partial charge in [0.05, 0.1) is 17.6 Å². The molecule has 0 aliphatic carbocycles. The lowest BCUT2D eigenvalue weighted by Gasteiger charge is -2.13. The monoisotopic (exact) mass is 405 g/mol. The van der Waals surface area contributed by atoms with Gasteiger partial charge >= 0.3 is 0 Å². The lowest BCUT2D eigenvalue weighted by Crippen LogP contribution is -2.28. The van der Waals surface area contributed by atoms with Gasteiger partial charge in [0.25, 0.3) is 5.56 Å². The van der Waals surface area contributed by atoms with E-state index in [-0.39, 0.29) is 11.5 Å². The van der Waals surface area contributed by atoms with Crippen molar-refractivity contribution in [2.24, 2.45) is 0 Å². The third-order valence-electron chi connectivity index (χ3n) is 4.11. The topological polar surface area (TPSA) is 64.7 Å². The van der Waals surface area contributed by atoms with E-state index in [0.717, 1.165) is 15.5 Å². The summed E-state index contributed by atoms with van der Waals surface area (Å²) in [5, 5.41) is 2.79. The average molecular weight is 406 g/mol. The lowest BCUT2D eigenvalue weighted by atomic mass is 10.2. The molecule has 0 fully saturated rings. The maximum absolute atomic E-state index is 12.8. The van der Waals surface area contributed by atoms with Gasteiger partial charge in [0, 0.05) is 37.3 Å². The van der Waals surface area contributed by atoms with E-state index >= 15 is 0 Å². The molecule has 0 aliphatic heterocycles. The van der Waals surface area contributed by atoms with Gasteiger partial charge in [-0.05, 0) is 36.8 Å². The number of fused-ring (bicyclic) bond motifs is 3. The van der Waals surface area contributed by atoms with Crippen LogP contribution in [0.4, 0.5) is 0 Å². The molecule has 7 heteroatoms. The van der Waals surface area contributed by atoms with Crippen molar-refractivity contribution < 1.29 is 9.53 Å². The van der Waals surface area contributed by atoms with Crippen molar-refractivity contribution in [3.63, 3.8) is 0 Å². The Morgan fingerprint density at radius 1 is 1.24 bits per heavy atom. The first kappa shape index (κ1) is 17.7. The van der Waals surface area contributed by atoms with E-state index in [1.165, 1.54) is 0 Å². The molecular weight excluding hydrogens is 386 g/mol. The van der Waals surface area contributed by atoms with E-state index < -0.39 is 0 Å². The molecule has 2 heterocycles. The maximum atomic E-state index is 12.8. The van der Waals surface area contributed by atoms with Crippen LogP contribution in [0.2, 0.25) is 0 Å². The molecule has 132 valence electrons. The summed E-state index contributed by atoms with van der Waals surface area (Å²) in [5.41, 5.74) is 2.41. The highest BCUT2D eigenvalue weighted by atomic mass is 79.9. The fourth-order valence-corrected chi connectivity index (χ4v) is 3.28. The standard InChI is InChI=1S/C18H20BrN3O3/c1-25-11-8-20-17(23)5-3-10-22-16-12-13(19)6-7-14(16)21-9-2-4-15(21)18(22)24/h2,4,6-7,9,12H,3,5,8,10-11H2,1H3,(H,20,23). The van der Waals surface area contributed by atoms with Crippen molar-refractivity contribution in [1.29, 1.82) is 0 Å². The predicted molar refractivity (Wildman–Crippen MR) is 101 cm³/mol. The van der Waals surface area contributed by atoms with E-state index in [0.29, 0.717) is 38.1 Å². The Morgan fingerprint density at radius 2 is 2.08 bits per heavy atom. The SMILES string of the molecule is COCCNC(=O)CCCn1c(=O)c2cccn2c2ccc(Br)cc21. The third kappa shape index (κ3) is 3.77. The number of carbonyl (C=O) groups is 1. The minimum atomic E-state index is -0.0459. The molecule has 3 aromatic rings. The average Bonchev–Trinajstić information content (AvgIpc) is 3.08. The highest BCUT2D eigenvalue weighted by Crippen LogP contribution is 2.20. The Hall–Kier alpha value is -2.12. The third-order valence-corrected chi connectivity index (χ3v) is 4.61. The number of halogens is 1. The van der Waals surface area contributed by atoms with Gasteiger partial charge in [0.15, 0.2) is 0 Å². The number of aromatic nitrogens is 2. The number of nitrogens with zero attached hydrogens (tertiary/aromatic N) is 2. The van der Waals surface area contributed by atoms with E-state index in [1.54, 1.807) is 11.7 Å². The van der Waals surface area contributed by atoms with Crippen molar-refractivity contribution in [2.75, 3.05) is 20.3 Å². The molecular formula is C18H20BrN3O3. The van der Waals surface area contributed by atoms with E-state index in [9.17, 15) is 9.59 Å². The zero-order valence-corrected chi connectivity index (χ0v) is 15.6. The van der Waals surface area contributed by atoms with Gasteiger partial charge in [0.2, 0.25) is 5.91 Å². The van der Waals surface area contributed by atoms with Crippen molar-refractivity contribution in [3.05, 3.63) is 51.4 Å². The van der Waals surface area contributed by atoms with Crippen LogP contribution in [-0.4, -0.2) is 35.1 Å². The van der Waals surface area contributed by atoms with Crippen molar-refractivity contribution in [3.8, 4) is 0 Å². The first-order chi connectivity index (χ1) is 12.1. The number of aryl methyl sites for hydroxylation is 1. The van der Waals surface area contributed by atoms with Crippen LogP contribution in [0.25, 0.3) is 16.6 Å². The number of nitrogens with one attached hydrogen (secondary N) is 1. The molecule has 0 bridgehead atoms. The molecule has 6 nitrogen and oxygen atoms in total. The summed E-state index contributed by atoms with van der Waals surface area (Å²) in [6.45, 7) is 1.49. The number of benzene rings is 1. The molecule has 1 N–H and O–H groups in total. The number of hydrogen-bond acceptors (Lipinski definition) is 3. The Morgan fingerprint density at radius 3 is 2.88 bits per heavy atom. The van der Waals surface area contributed by atoms with Gasteiger partial charge in [-0.3, -0.25) is 9.59 Å².